The van der Waals surface area contributed by atoms with E-state index in [4.69, 9.17) is 14.6 Å². The molecule has 0 aliphatic carbocycles. The van der Waals surface area contributed by atoms with Gasteiger partial charge in [-0.1, -0.05) is 23.8 Å². The van der Waals surface area contributed by atoms with E-state index in [-0.39, 0.29) is 0 Å². The molecular weight excluding hydrogens is 549 g/mol. The number of halogens is 1. The van der Waals surface area contributed by atoms with Crippen LogP contribution in [-0.2, 0) is 0 Å². The Morgan fingerprint density at radius 3 is 2.44 bits per heavy atom. The van der Waals surface area contributed by atoms with Crippen LogP contribution in [0.15, 0.2) is 62.6 Å². The number of rotatable bonds is 3. The summed E-state index contributed by atoms with van der Waals surface area (Å²) >= 11 is 0. The fourth-order valence-electron chi connectivity index (χ4n) is 6.23. The number of aromatic nitrogens is 2. The molecule has 3 aromatic heterocycles. The van der Waals surface area contributed by atoms with E-state index in [2.05, 4.69) is 54.9 Å². The van der Waals surface area contributed by atoms with Gasteiger partial charge in [-0.05, 0) is 58.1 Å². The molecule has 12 heteroatoms. The second-order valence-electron chi connectivity index (χ2n) is 11.5. The summed E-state index contributed by atoms with van der Waals surface area (Å²) in [6.45, 7) is 5.57. The van der Waals surface area contributed by atoms with Gasteiger partial charge in [0.1, 0.15) is 23.0 Å². The van der Waals surface area contributed by atoms with Crippen LogP contribution < -0.4 is 26.6 Å². The van der Waals surface area contributed by atoms with Crippen molar-refractivity contribution in [2.75, 3.05) is 50.5 Å². The van der Waals surface area contributed by atoms with Crippen molar-refractivity contribution < 1.29 is 13.2 Å². The number of aryl methyl sites for hydroxylation is 1. The predicted octanol–water partition coefficient (Wildman–Crippen LogP) is 3.92. The van der Waals surface area contributed by atoms with Gasteiger partial charge in [-0.25, -0.2) is 9.97 Å². The summed E-state index contributed by atoms with van der Waals surface area (Å²) in [5.41, 5.74) is 10.7. The molecule has 0 bridgehead atoms. The van der Waals surface area contributed by atoms with E-state index < -0.39 is 6.04 Å². The van der Waals surface area contributed by atoms with Crippen LogP contribution in [0.3, 0.4) is 0 Å². The third-order valence-corrected chi connectivity index (χ3v) is 8.55. The summed E-state index contributed by atoms with van der Waals surface area (Å²) in [5, 5.41) is 11.1. The van der Waals surface area contributed by atoms with E-state index in [1.807, 2.05) is 49.3 Å². The zero-order valence-corrected chi connectivity index (χ0v) is 24.5. The SMILES string of the molecule is CN[C@@H]1CCN(C2=NC(N)(F)Nc3c2oc2ccccc32)C1.CN[C@@H]1CCN(c2ncnc3c2oc2ccc(C)cc23)C1. The zero-order chi connectivity index (χ0) is 29.7. The molecular formula is C31H36FN9O2. The molecule has 0 radical (unpaired) electrons. The highest BCUT2D eigenvalue weighted by molar-refractivity contribution is 6.10. The van der Waals surface area contributed by atoms with Crippen molar-refractivity contribution in [3.63, 3.8) is 0 Å². The number of amidine groups is 1. The van der Waals surface area contributed by atoms with Crippen LogP contribution in [0.4, 0.5) is 15.9 Å². The number of nitrogens with zero attached hydrogens (tertiary/aromatic N) is 5. The van der Waals surface area contributed by atoms with Gasteiger partial charge in [-0.15, -0.1) is 0 Å². The van der Waals surface area contributed by atoms with Gasteiger partial charge >= 0.3 is 6.04 Å². The first-order valence-electron chi connectivity index (χ1n) is 14.7. The molecule has 0 saturated carbocycles. The Hall–Kier alpha value is -4.26. The van der Waals surface area contributed by atoms with Crippen molar-refractivity contribution in [2.24, 2.45) is 10.7 Å². The first-order valence-corrected chi connectivity index (χ1v) is 14.7. The molecule has 5 aromatic rings. The van der Waals surface area contributed by atoms with Crippen LogP contribution in [0.1, 0.15) is 24.2 Å². The number of aliphatic imine (C=N–C) groups is 1. The van der Waals surface area contributed by atoms with Gasteiger partial charge in [0.05, 0.1) is 5.69 Å². The maximum Gasteiger partial charge on any atom is 0.336 e. The predicted molar refractivity (Wildman–Crippen MR) is 167 cm³/mol. The lowest BCUT2D eigenvalue weighted by Gasteiger charge is -2.29. The van der Waals surface area contributed by atoms with Gasteiger partial charge in [0.15, 0.2) is 23.0 Å². The number of likely N-dealkylation sites (tertiary alicyclic amines) is 1. The number of likely N-dealkylation sites (N-methyl/N-ethyl adjacent to an activating group) is 2. The van der Waals surface area contributed by atoms with Crippen molar-refractivity contribution in [3.8, 4) is 0 Å². The summed E-state index contributed by atoms with van der Waals surface area (Å²) in [6.07, 6.45) is 3.74. The van der Waals surface area contributed by atoms with Crippen LogP contribution in [0.2, 0.25) is 0 Å². The number of fused-ring (bicyclic) bond motifs is 6. The van der Waals surface area contributed by atoms with Gasteiger partial charge in [0.2, 0.25) is 0 Å². The molecule has 5 N–H and O–H groups in total. The van der Waals surface area contributed by atoms with Gasteiger partial charge < -0.3 is 34.6 Å². The molecule has 43 heavy (non-hydrogen) atoms. The lowest BCUT2D eigenvalue weighted by Crippen LogP contribution is -2.47. The summed E-state index contributed by atoms with van der Waals surface area (Å²) < 4.78 is 26.4. The number of hydrogen-bond acceptors (Lipinski definition) is 11. The lowest BCUT2D eigenvalue weighted by molar-refractivity contribution is 0.219. The highest BCUT2D eigenvalue weighted by Crippen LogP contribution is 2.38. The average Bonchev–Trinajstić information content (AvgIpc) is 3.81. The molecule has 0 amide bonds. The Kier molecular flexibility index (Phi) is 6.91. The first kappa shape index (κ1) is 27.6. The Morgan fingerprint density at radius 2 is 1.67 bits per heavy atom. The number of anilines is 2. The average molecular weight is 586 g/mol. The quantitative estimate of drug-likeness (QED) is 0.231. The van der Waals surface area contributed by atoms with Crippen molar-refractivity contribution >= 4 is 50.4 Å². The van der Waals surface area contributed by atoms with Gasteiger partial charge in [0, 0.05) is 49.0 Å². The number of benzene rings is 2. The van der Waals surface area contributed by atoms with Gasteiger partial charge in [0.25, 0.3) is 0 Å². The molecule has 2 aromatic carbocycles. The number of alkyl halides is 1. The number of furan rings is 2. The molecule has 6 heterocycles. The Labute approximate surface area is 248 Å². The monoisotopic (exact) mass is 585 g/mol. The maximum atomic E-state index is 14.4. The summed E-state index contributed by atoms with van der Waals surface area (Å²) in [4.78, 5) is 17.2. The number of nitrogens with two attached hydrogens (primary N) is 1. The van der Waals surface area contributed by atoms with E-state index in [9.17, 15) is 4.39 Å². The molecule has 224 valence electrons. The Morgan fingerprint density at radius 1 is 0.953 bits per heavy atom. The summed E-state index contributed by atoms with van der Waals surface area (Å²) in [6, 6.07) is 12.2. The summed E-state index contributed by atoms with van der Waals surface area (Å²) in [7, 11) is 3.93. The highest BCUT2D eigenvalue weighted by Gasteiger charge is 2.38. The Balaban J connectivity index is 0.000000140. The van der Waals surface area contributed by atoms with Crippen molar-refractivity contribution in [1.82, 2.24) is 25.5 Å². The minimum Gasteiger partial charge on any atom is -0.451 e. The fourth-order valence-corrected chi connectivity index (χ4v) is 6.23. The molecule has 1 unspecified atom stereocenters. The largest absolute Gasteiger partial charge is 0.451 e. The van der Waals surface area contributed by atoms with Gasteiger partial charge in [-0.3, -0.25) is 5.73 Å². The Bertz CT molecular complexity index is 1830. The minimum atomic E-state index is -2.33. The van der Waals surface area contributed by atoms with Crippen molar-refractivity contribution in [3.05, 3.63) is 60.1 Å². The molecule has 2 fully saturated rings. The topological polar surface area (TPSA) is 133 Å². The molecule has 11 nitrogen and oxygen atoms in total. The molecule has 3 aliphatic rings. The highest BCUT2D eigenvalue weighted by atomic mass is 19.2. The van der Waals surface area contributed by atoms with Crippen molar-refractivity contribution in [2.45, 2.75) is 37.9 Å². The normalized spacial score (nSPS) is 23.4. The maximum absolute atomic E-state index is 14.4. The zero-order valence-electron chi connectivity index (χ0n) is 24.5. The number of nitrogens with one attached hydrogen (secondary N) is 3. The van der Waals surface area contributed by atoms with E-state index >= 15 is 0 Å². The fraction of sp³-hybridized carbons (Fsp3) is 0.387. The standard InChI is InChI=1S/C16H18N4O.C15H18FN5O/c1-10-3-4-13-12(7-10)14-15(21-13)16(19-9-18-14)20-6-5-11(8-20)17-2;1-18-9-6-7-21(8-9)14-13-12(19-15(16,17)20-14)10-4-2-3-5-11(10)22-13/h3-4,7,9,11,17H,5-6,8H2,1-2H3;2-5,9,18-19H,6-8,17H2,1H3/t11-;9-,15?/m11/s1. The van der Waals surface area contributed by atoms with Crippen LogP contribution >= 0.6 is 0 Å². The number of hydrogen-bond donors (Lipinski definition) is 4. The van der Waals surface area contributed by atoms with E-state index in [1.54, 1.807) is 6.33 Å². The molecule has 8 rings (SSSR count). The second-order valence-corrected chi connectivity index (χ2v) is 11.5. The molecule has 2 saturated heterocycles. The van der Waals surface area contributed by atoms with Crippen LogP contribution in [0.25, 0.3) is 33.0 Å². The van der Waals surface area contributed by atoms with E-state index in [1.165, 1.54) is 5.56 Å². The summed E-state index contributed by atoms with van der Waals surface area (Å²) in [5.74, 6) is 1.94. The smallest absolute Gasteiger partial charge is 0.336 e. The molecule has 3 aliphatic heterocycles. The second kappa shape index (κ2) is 10.8. The third kappa shape index (κ3) is 5.05. The third-order valence-electron chi connectivity index (χ3n) is 8.55. The first-order chi connectivity index (χ1) is 20.8. The molecule has 3 atom stereocenters. The van der Waals surface area contributed by atoms with E-state index in [0.717, 1.165) is 72.3 Å². The van der Waals surface area contributed by atoms with Crippen LogP contribution in [0, 0.1) is 6.92 Å². The molecule has 0 spiro atoms. The number of para-hydroxylation sites is 1. The van der Waals surface area contributed by atoms with Crippen molar-refractivity contribution in [1.29, 1.82) is 0 Å². The van der Waals surface area contributed by atoms with Crippen LogP contribution in [0.5, 0.6) is 0 Å². The van der Waals surface area contributed by atoms with Crippen LogP contribution in [-0.4, -0.2) is 79.1 Å². The van der Waals surface area contributed by atoms with E-state index in [0.29, 0.717) is 34.9 Å². The lowest BCUT2D eigenvalue weighted by atomic mass is 10.2. The van der Waals surface area contributed by atoms with Gasteiger partial charge in [-0.2, -0.15) is 9.38 Å². The minimum absolute atomic E-state index is 0.359.